The van der Waals surface area contributed by atoms with Crippen LogP contribution >= 0.6 is 56.5 Å². The average Bonchev–Trinajstić information content (AvgIpc) is 3.41. The molecular weight excluding hydrogens is 646 g/mol. The molecule has 1 amide bonds. The van der Waals surface area contributed by atoms with Gasteiger partial charge in [-0.05, 0) is 77.3 Å². The van der Waals surface area contributed by atoms with Crippen molar-refractivity contribution in [2.45, 2.75) is 38.3 Å². The Hall–Kier alpha value is -0.930. The van der Waals surface area contributed by atoms with Crippen molar-refractivity contribution in [2.75, 3.05) is 31.7 Å². The van der Waals surface area contributed by atoms with Crippen LogP contribution in [0.4, 0.5) is 5.13 Å². The van der Waals surface area contributed by atoms with E-state index in [1.54, 1.807) is 6.20 Å². The van der Waals surface area contributed by atoms with E-state index in [9.17, 15) is 9.59 Å². The van der Waals surface area contributed by atoms with Gasteiger partial charge in [-0.3, -0.25) is 4.79 Å². The van der Waals surface area contributed by atoms with E-state index in [0.717, 1.165) is 30.9 Å². The highest BCUT2D eigenvalue weighted by Gasteiger charge is 2.35. The van der Waals surface area contributed by atoms with Gasteiger partial charge in [-0.2, -0.15) is 0 Å². The van der Waals surface area contributed by atoms with Crippen LogP contribution < -0.4 is 10.2 Å². The monoisotopic (exact) mass is 670 g/mol. The van der Waals surface area contributed by atoms with Crippen LogP contribution in [-0.2, 0) is 9.47 Å². The van der Waals surface area contributed by atoms with Crippen LogP contribution in [0.25, 0.3) is 0 Å². The summed E-state index contributed by atoms with van der Waals surface area (Å²) >= 11 is 5.79. The van der Waals surface area contributed by atoms with Gasteiger partial charge in [0.1, 0.15) is 10.6 Å². The highest BCUT2D eigenvalue weighted by atomic mass is 127. The minimum atomic E-state index is -0.377. The van der Waals surface area contributed by atoms with Crippen LogP contribution in [0.5, 0.6) is 0 Å². The van der Waals surface area contributed by atoms with E-state index >= 15 is 0 Å². The van der Waals surface area contributed by atoms with Crippen molar-refractivity contribution in [3.05, 3.63) is 29.6 Å². The molecule has 1 saturated heterocycles. The van der Waals surface area contributed by atoms with Gasteiger partial charge in [0, 0.05) is 29.0 Å². The molecule has 1 aliphatic carbocycles. The summed E-state index contributed by atoms with van der Waals surface area (Å²) in [4.78, 5) is 35.0. The second-order valence-electron chi connectivity index (χ2n) is 7.88. The molecule has 8 nitrogen and oxygen atoms in total. The van der Waals surface area contributed by atoms with Crippen molar-refractivity contribution >= 4 is 73.5 Å². The third-order valence-electron chi connectivity index (χ3n) is 5.55. The fourth-order valence-corrected chi connectivity index (χ4v) is 5.60. The molecule has 2 aromatic rings. The molecule has 0 radical (unpaired) electrons. The van der Waals surface area contributed by atoms with E-state index in [1.807, 2.05) is 6.92 Å². The molecule has 2 aromatic heterocycles. The van der Waals surface area contributed by atoms with E-state index in [-0.39, 0.29) is 24.0 Å². The molecule has 11 heteroatoms. The van der Waals surface area contributed by atoms with Gasteiger partial charge in [-0.1, -0.05) is 11.3 Å². The van der Waals surface area contributed by atoms with Crippen molar-refractivity contribution in [1.29, 1.82) is 0 Å². The third-order valence-corrected chi connectivity index (χ3v) is 10.0. The maximum absolute atomic E-state index is 13.0. The number of aromatic nitrogens is 2. The fourth-order valence-electron chi connectivity index (χ4n) is 3.54. The van der Waals surface area contributed by atoms with Gasteiger partial charge >= 0.3 is 5.97 Å². The standard InChI is InChI=1S/C20H24I2N4O4S/c1-10-15(21)16(22)17(24-10)18(27)25-12-5-6-26(8-13(12)30-9-11-3-4-11)20-23-7-14(31-20)19(28)29-2/h7,11-13,24H,3-6,8-9H2,1-2H3,(H,25,27). The number of nitrogens with zero attached hydrogens (tertiary/aromatic N) is 2. The summed E-state index contributed by atoms with van der Waals surface area (Å²) in [5, 5.41) is 3.97. The highest BCUT2D eigenvalue weighted by molar-refractivity contribution is 14.1. The molecule has 4 rings (SSSR count). The van der Waals surface area contributed by atoms with E-state index in [0.29, 0.717) is 29.6 Å². The maximum atomic E-state index is 13.0. The van der Waals surface area contributed by atoms with Crippen molar-refractivity contribution in [2.24, 2.45) is 5.92 Å². The van der Waals surface area contributed by atoms with Gasteiger partial charge in [-0.15, -0.1) is 0 Å². The van der Waals surface area contributed by atoms with Gasteiger partial charge in [0.2, 0.25) is 0 Å². The number of hydrogen-bond donors (Lipinski definition) is 2. The first-order chi connectivity index (χ1) is 14.9. The summed E-state index contributed by atoms with van der Waals surface area (Å²) in [6, 6.07) is -0.0837. The number of anilines is 1. The minimum absolute atomic E-state index is 0.0837. The summed E-state index contributed by atoms with van der Waals surface area (Å²) in [5.74, 6) is 0.153. The molecule has 2 atom stereocenters. The summed E-state index contributed by atoms with van der Waals surface area (Å²) < 4.78 is 13.1. The Labute approximate surface area is 212 Å². The Morgan fingerprint density at radius 1 is 1.32 bits per heavy atom. The summed E-state index contributed by atoms with van der Waals surface area (Å²) in [7, 11) is 1.37. The Balaban J connectivity index is 1.46. The van der Waals surface area contributed by atoms with Crippen molar-refractivity contribution in [3.8, 4) is 0 Å². The molecule has 1 aliphatic heterocycles. The number of amides is 1. The van der Waals surface area contributed by atoms with Gasteiger partial charge in [-0.25, -0.2) is 9.78 Å². The predicted molar refractivity (Wildman–Crippen MR) is 135 cm³/mol. The number of esters is 1. The number of thiazole rings is 1. The summed E-state index contributed by atoms with van der Waals surface area (Å²) in [5.41, 5.74) is 1.60. The normalized spacial score (nSPS) is 21.2. The number of rotatable bonds is 7. The predicted octanol–water partition coefficient (Wildman–Crippen LogP) is 3.58. The minimum Gasteiger partial charge on any atom is -0.465 e. The second kappa shape index (κ2) is 9.91. The molecule has 168 valence electrons. The lowest BCUT2D eigenvalue weighted by Gasteiger charge is -2.38. The van der Waals surface area contributed by atoms with Crippen LogP contribution in [0.3, 0.4) is 0 Å². The number of ether oxygens (including phenoxy) is 2. The molecular formula is C20H24I2N4O4S. The molecule has 0 aromatic carbocycles. The number of piperidine rings is 1. The van der Waals surface area contributed by atoms with Crippen molar-refractivity contribution in [1.82, 2.24) is 15.3 Å². The number of aryl methyl sites for hydroxylation is 1. The highest BCUT2D eigenvalue weighted by Crippen LogP contribution is 2.32. The zero-order valence-electron chi connectivity index (χ0n) is 17.2. The van der Waals surface area contributed by atoms with E-state index in [1.165, 1.54) is 31.3 Å². The Kier molecular flexibility index (Phi) is 7.43. The molecule has 2 fully saturated rings. The number of hydrogen-bond acceptors (Lipinski definition) is 7. The van der Waals surface area contributed by atoms with E-state index in [2.05, 4.69) is 65.4 Å². The largest absolute Gasteiger partial charge is 0.465 e. The fraction of sp³-hybridized carbons (Fsp3) is 0.550. The molecule has 0 bridgehead atoms. The first-order valence-corrected chi connectivity index (χ1v) is 13.1. The van der Waals surface area contributed by atoms with Crippen LogP contribution in [0.1, 0.15) is 45.1 Å². The quantitative estimate of drug-likeness (QED) is 0.346. The Morgan fingerprint density at radius 3 is 2.74 bits per heavy atom. The lowest BCUT2D eigenvalue weighted by atomic mass is 10.0. The third kappa shape index (κ3) is 5.36. The molecule has 2 aliphatic rings. The molecule has 2 N–H and O–H groups in total. The topological polar surface area (TPSA) is 96.5 Å². The van der Waals surface area contributed by atoms with Gasteiger partial charge < -0.3 is 24.7 Å². The van der Waals surface area contributed by atoms with Crippen LogP contribution in [-0.4, -0.2) is 60.8 Å². The van der Waals surface area contributed by atoms with Crippen LogP contribution in [0.15, 0.2) is 6.20 Å². The van der Waals surface area contributed by atoms with Crippen molar-refractivity contribution < 1.29 is 19.1 Å². The molecule has 3 heterocycles. The summed E-state index contributed by atoms with van der Waals surface area (Å²) in [6.45, 7) is 4.02. The van der Waals surface area contributed by atoms with E-state index < -0.39 is 0 Å². The molecule has 1 saturated carbocycles. The molecule has 2 unspecified atom stereocenters. The maximum Gasteiger partial charge on any atom is 0.349 e. The van der Waals surface area contributed by atoms with Crippen molar-refractivity contribution in [3.63, 3.8) is 0 Å². The van der Waals surface area contributed by atoms with Gasteiger partial charge in [0.05, 0.1) is 29.0 Å². The first-order valence-electron chi connectivity index (χ1n) is 10.1. The number of aromatic amines is 1. The van der Waals surface area contributed by atoms with E-state index in [4.69, 9.17) is 9.47 Å². The molecule has 0 spiro atoms. The first kappa shape index (κ1) is 23.2. The summed E-state index contributed by atoms with van der Waals surface area (Å²) in [6.07, 6.45) is 4.57. The number of H-pyrrole nitrogens is 1. The zero-order chi connectivity index (χ0) is 22.1. The Bertz CT molecular complexity index is 975. The number of carbonyl (C=O) groups is 2. The average molecular weight is 670 g/mol. The number of carbonyl (C=O) groups excluding carboxylic acids is 2. The number of methoxy groups -OCH3 is 1. The van der Waals surface area contributed by atoms with Gasteiger partial charge in [0.25, 0.3) is 5.91 Å². The second-order valence-corrected chi connectivity index (χ2v) is 11.0. The Morgan fingerprint density at radius 2 is 2.10 bits per heavy atom. The van der Waals surface area contributed by atoms with Gasteiger partial charge in [0.15, 0.2) is 5.13 Å². The SMILES string of the molecule is COC(=O)c1cnc(N2CCC(NC(=O)c3[nH]c(C)c(I)c3I)C(OCC3CC3)C2)s1. The lowest BCUT2D eigenvalue weighted by molar-refractivity contribution is 0.0146. The zero-order valence-corrected chi connectivity index (χ0v) is 22.4. The van der Waals surface area contributed by atoms with Crippen LogP contribution in [0.2, 0.25) is 0 Å². The number of halogens is 2. The lowest BCUT2D eigenvalue weighted by Crippen LogP contribution is -2.55. The van der Waals surface area contributed by atoms with Crippen LogP contribution in [0, 0.1) is 20.0 Å². The smallest absolute Gasteiger partial charge is 0.349 e. The molecule has 31 heavy (non-hydrogen) atoms. The number of nitrogens with one attached hydrogen (secondary N) is 2.